The van der Waals surface area contributed by atoms with Crippen LogP contribution in [0.2, 0.25) is 0 Å². The van der Waals surface area contributed by atoms with E-state index in [0.717, 1.165) is 5.69 Å². The number of nitrogens with one attached hydrogen (secondary N) is 1. The topological polar surface area (TPSA) is 58.6 Å². The minimum atomic E-state index is -0.312. The van der Waals surface area contributed by atoms with Gasteiger partial charge in [-0.1, -0.05) is 50.2 Å². The molecule has 0 saturated heterocycles. The van der Waals surface area contributed by atoms with E-state index in [0.29, 0.717) is 23.4 Å². The van der Waals surface area contributed by atoms with Gasteiger partial charge in [0.25, 0.3) is 11.8 Å². The number of nitrogens with zero attached hydrogens (tertiary/aromatic N) is 1. The first-order valence-electron chi connectivity index (χ1n) is 8.59. The summed E-state index contributed by atoms with van der Waals surface area (Å²) in [5.41, 5.74) is 1.99. The molecular weight excluding hydrogens is 328 g/mol. The first kappa shape index (κ1) is 17.7. The molecule has 0 aromatic heterocycles. The SMILES string of the molecule is COc1ccccc1C1=C(Nc2ccccc2)C(=O)N(CC(C)C)C1=O. The maximum atomic E-state index is 13.1. The Morgan fingerprint density at radius 3 is 2.27 bits per heavy atom. The molecule has 5 heteroatoms. The Hall–Kier alpha value is -3.08. The third-order valence-corrected chi connectivity index (χ3v) is 4.14. The van der Waals surface area contributed by atoms with Crippen LogP contribution in [0.5, 0.6) is 5.75 Å². The second kappa shape index (κ2) is 7.44. The van der Waals surface area contributed by atoms with Gasteiger partial charge < -0.3 is 10.1 Å². The number of hydrogen-bond acceptors (Lipinski definition) is 4. The van der Waals surface area contributed by atoms with Crippen LogP contribution in [0.1, 0.15) is 19.4 Å². The average Bonchev–Trinajstić information content (AvgIpc) is 2.86. The van der Waals surface area contributed by atoms with Gasteiger partial charge in [-0.05, 0) is 24.1 Å². The number of carbonyl (C=O) groups excluding carboxylic acids is 2. The zero-order chi connectivity index (χ0) is 18.7. The lowest BCUT2D eigenvalue weighted by Gasteiger charge is -2.17. The third-order valence-electron chi connectivity index (χ3n) is 4.14. The van der Waals surface area contributed by atoms with Crippen LogP contribution in [0.3, 0.4) is 0 Å². The number of ether oxygens (including phenoxy) is 1. The number of methoxy groups -OCH3 is 1. The van der Waals surface area contributed by atoms with Crippen molar-refractivity contribution in [1.29, 1.82) is 0 Å². The zero-order valence-electron chi connectivity index (χ0n) is 15.2. The molecule has 1 heterocycles. The molecule has 1 aliphatic rings. The van der Waals surface area contributed by atoms with Crippen LogP contribution in [0, 0.1) is 5.92 Å². The highest BCUT2D eigenvalue weighted by molar-refractivity contribution is 6.37. The fourth-order valence-electron chi connectivity index (χ4n) is 2.99. The molecule has 0 bridgehead atoms. The number of carbonyl (C=O) groups is 2. The maximum Gasteiger partial charge on any atom is 0.278 e. The summed E-state index contributed by atoms with van der Waals surface area (Å²) >= 11 is 0. The Labute approximate surface area is 153 Å². The summed E-state index contributed by atoms with van der Waals surface area (Å²) in [6.45, 7) is 4.33. The second-order valence-electron chi connectivity index (χ2n) is 6.56. The van der Waals surface area contributed by atoms with Gasteiger partial charge in [0.2, 0.25) is 0 Å². The maximum absolute atomic E-state index is 13.1. The summed E-state index contributed by atoms with van der Waals surface area (Å²) in [6.07, 6.45) is 0. The average molecular weight is 350 g/mol. The first-order valence-corrected chi connectivity index (χ1v) is 8.59. The molecule has 2 aromatic carbocycles. The molecular formula is C21H22N2O3. The number of imide groups is 1. The van der Waals surface area contributed by atoms with Crippen molar-refractivity contribution in [3.05, 3.63) is 65.9 Å². The predicted molar refractivity (Wildman–Crippen MR) is 102 cm³/mol. The second-order valence-corrected chi connectivity index (χ2v) is 6.56. The number of anilines is 1. The van der Waals surface area contributed by atoms with E-state index in [1.54, 1.807) is 19.2 Å². The molecule has 0 fully saturated rings. The van der Waals surface area contributed by atoms with Crippen LogP contribution < -0.4 is 10.1 Å². The summed E-state index contributed by atoms with van der Waals surface area (Å²) in [5, 5.41) is 3.14. The van der Waals surface area contributed by atoms with Crippen LogP contribution >= 0.6 is 0 Å². The van der Waals surface area contributed by atoms with Crippen LogP contribution in [0.25, 0.3) is 5.57 Å². The van der Waals surface area contributed by atoms with Crippen LogP contribution in [0.4, 0.5) is 5.69 Å². The van der Waals surface area contributed by atoms with Gasteiger partial charge >= 0.3 is 0 Å². The van der Waals surface area contributed by atoms with Gasteiger partial charge in [0, 0.05) is 17.8 Å². The molecule has 0 radical (unpaired) electrons. The minimum absolute atomic E-state index is 0.179. The molecule has 3 rings (SSSR count). The Bertz CT molecular complexity index is 857. The number of rotatable bonds is 6. The Balaban J connectivity index is 2.11. The molecule has 0 atom stereocenters. The summed E-state index contributed by atoms with van der Waals surface area (Å²) in [7, 11) is 1.55. The smallest absolute Gasteiger partial charge is 0.278 e. The monoisotopic (exact) mass is 350 g/mol. The van der Waals surface area contributed by atoms with Crippen LogP contribution in [0.15, 0.2) is 60.3 Å². The van der Waals surface area contributed by atoms with Gasteiger partial charge in [0.15, 0.2) is 0 Å². The predicted octanol–water partition coefficient (Wildman–Crippen LogP) is 3.54. The third kappa shape index (κ3) is 3.33. The van der Waals surface area contributed by atoms with Crippen molar-refractivity contribution in [1.82, 2.24) is 4.90 Å². The Morgan fingerprint density at radius 1 is 0.962 bits per heavy atom. The van der Waals surface area contributed by atoms with E-state index in [4.69, 9.17) is 4.74 Å². The number of para-hydroxylation sites is 2. The van der Waals surface area contributed by atoms with E-state index in [9.17, 15) is 9.59 Å². The summed E-state index contributed by atoms with van der Waals surface area (Å²) in [5.74, 6) is 0.125. The van der Waals surface area contributed by atoms with Crippen molar-refractivity contribution in [3.8, 4) is 5.75 Å². The normalized spacial score (nSPS) is 14.4. The zero-order valence-corrected chi connectivity index (χ0v) is 15.2. The fourth-order valence-corrected chi connectivity index (χ4v) is 2.99. The van der Waals surface area contributed by atoms with Crippen molar-refractivity contribution < 1.29 is 14.3 Å². The molecule has 2 amide bonds. The molecule has 2 aromatic rings. The molecule has 134 valence electrons. The lowest BCUT2D eigenvalue weighted by Crippen LogP contribution is -2.35. The minimum Gasteiger partial charge on any atom is -0.496 e. The highest BCUT2D eigenvalue weighted by Crippen LogP contribution is 2.35. The van der Waals surface area contributed by atoms with Crippen LogP contribution in [-0.4, -0.2) is 30.4 Å². The quantitative estimate of drug-likeness (QED) is 0.810. The number of amides is 2. The van der Waals surface area contributed by atoms with Gasteiger partial charge in [-0.2, -0.15) is 0 Å². The van der Waals surface area contributed by atoms with Gasteiger partial charge in [0.1, 0.15) is 11.4 Å². The van der Waals surface area contributed by atoms with Gasteiger partial charge in [-0.3, -0.25) is 14.5 Å². The van der Waals surface area contributed by atoms with Crippen molar-refractivity contribution in [2.24, 2.45) is 5.92 Å². The summed E-state index contributed by atoms with van der Waals surface area (Å²) in [6, 6.07) is 16.6. The van der Waals surface area contributed by atoms with Crippen molar-refractivity contribution >= 4 is 23.1 Å². The number of benzene rings is 2. The Morgan fingerprint density at radius 2 is 1.62 bits per heavy atom. The molecule has 0 spiro atoms. The van der Waals surface area contributed by atoms with E-state index in [1.807, 2.05) is 56.3 Å². The molecule has 26 heavy (non-hydrogen) atoms. The molecule has 0 saturated carbocycles. The highest BCUT2D eigenvalue weighted by Gasteiger charge is 2.40. The van der Waals surface area contributed by atoms with Gasteiger partial charge in [0.05, 0.1) is 12.7 Å². The molecule has 0 aliphatic carbocycles. The van der Waals surface area contributed by atoms with E-state index in [1.165, 1.54) is 4.90 Å². The van der Waals surface area contributed by atoms with Gasteiger partial charge in [-0.25, -0.2) is 0 Å². The largest absolute Gasteiger partial charge is 0.496 e. The fraction of sp³-hybridized carbons (Fsp3) is 0.238. The highest BCUT2D eigenvalue weighted by atomic mass is 16.5. The standard InChI is InChI=1S/C21H22N2O3/c1-14(2)13-23-20(24)18(16-11-7-8-12-17(16)26-3)19(21(23)25)22-15-9-5-4-6-10-15/h4-12,14,22H,13H2,1-3H3. The van der Waals surface area contributed by atoms with E-state index >= 15 is 0 Å². The summed E-state index contributed by atoms with van der Waals surface area (Å²) < 4.78 is 5.41. The lowest BCUT2D eigenvalue weighted by atomic mass is 10.0. The lowest BCUT2D eigenvalue weighted by molar-refractivity contribution is -0.137. The van der Waals surface area contributed by atoms with E-state index in [2.05, 4.69) is 5.32 Å². The Kier molecular flexibility index (Phi) is 5.07. The molecule has 1 N–H and O–H groups in total. The molecule has 1 aliphatic heterocycles. The van der Waals surface area contributed by atoms with Gasteiger partial charge in [-0.15, -0.1) is 0 Å². The van der Waals surface area contributed by atoms with E-state index in [-0.39, 0.29) is 23.4 Å². The molecule has 0 unspecified atom stereocenters. The first-order chi connectivity index (χ1) is 12.5. The summed E-state index contributed by atoms with van der Waals surface area (Å²) in [4.78, 5) is 27.4. The number of hydrogen-bond donors (Lipinski definition) is 1. The van der Waals surface area contributed by atoms with Crippen molar-refractivity contribution in [2.45, 2.75) is 13.8 Å². The van der Waals surface area contributed by atoms with Crippen molar-refractivity contribution in [3.63, 3.8) is 0 Å². The molecule has 5 nitrogen and oxygen atoms in total. The van der Waals surface area contributed by atoms with E-state index < -0.39 is 0 Å². The van der Waals surface area contributed by atoms with Crippen molar-refractivity contribution in [2.75, 3.05) is 19.0 Å². The van der Waals surface area contributed by atoms with Crippen LogP contribution in [-0.2, 0) is 9.59 Å².